The first-order chi connectivity index (χ1) is 7.34. The van der Waals surface area contributed by atoms with Crippen molar-refractivity contribution >= 4 is 0 Å². The van der Waals surface area contributed by atoms with E-state index in [1.807, 2.05) is 0 Å². The van der Waals surface area contributed by atoms with Crippen LogP contribution in [0, 0.1) is 11.8 Å². The van der Waals surface area contributed by atoms with Gasteiger partial charge in [-0.1, -0.05) is 27.7 Å². The lowest BCUT2D eigenvalue weighted by Gasteiger charge is -2.49. The fraction of sp³-hybridized carbons (Fsp3) is 1.00. The number of hydrogen-bond acceptors (Lipinski definition) is 0. The van der Waals surface area contributed by atoms with Crippen LogP contribution in [-0.4, -0.2) is 30.7 Å². The summed E-state index contributed by atoms with van der Waals surface area (Å²) < 4.78 is 1.27. The highest BCUT2D eigenvalue weighted by Gasteiger charge is 2.39. The Bertz CT molecular complexity index is 191. The number of likely N-dealkylation sites (tertiary alicyclic amines) is 1. The van der Waals surface area contributed by atoms with Gasteiger partial charge in [-0.25, -0.2) is 0 Å². The van der Waals surface area contributed by atoms with E-state index in [0.29, 0.717) is 0 Å². The molecule has 1 aliphatic heterocycles. The quantitative estimate of drug-likeness (QED) is 0.524. The summed E-state index contributed by atoms with van der Waals surface area (Å²) in [7, 11) is 4.94. The molecule has 0 amide bonds. The van der Waals surface area contributed by atoms with Crippen molar-refractivity contribution in [3.05, 3.63) is 0 Å². The maximum absolute atomic E-state index is 2.47. The molecule has 0 N–H and O–H groups in total. The molecule has 0 bridgehead atoms. The minimum atomic E-state index is 0. The fourth-order valence-electron chi connectivity index (χ4n) is 3.42. The molecule has 0 radical (unpaired) electrons. The number of hydrogen-bond donors (Lipinski definition) is 0. The molecule has 1 fully saturated rings. The molecule has 0 aliphatic carbocycles. The SMILES string of the molecule is CC(C)CC1CCCC(CC(C)C)[N+]1(C)C.[I-]. The van der Waals surface area contributed by atoms with Crippen LogP contribution >= 0.6 is 0 Å². The van der Waals surface area contributed by atoms with Gasteiger partial charge in [0.15, 0.2) is 0 Å². The molecule has 104 valence electrons. The minimum Gasteiger partial charge on any atom is -1.00 e. The summed E-state index contributed by atoms with van der Waals surface area (Å²) in [5.41, 5.74) is 0. The van der Waals surface area contributed by atoms with E-state index in [-0.39, 0.29) is 24.0 Å². The van der Waals surface area contributed by atoms with Crippen molar-refractivity contribution in [3.63, 3.8) is 0 Å². The van der Waals surface area contributed by atoms with Crippen LogP contribution in [0.5, 0.6) is 0 Å². The summed E-state index contributed by atoms with van der Waals surface area (Å²) in [4.78, 5) is 0. The molecule has 1 aliphatic rings. The van der Waals surface area contributed by atoms with Crippen LogP contribution in [0.4, 0.5) is 0 Å². The van der Waals surface area contributed by atoms with E-state index >= 15 is 0 Å². The van der Waals surface area contributed by atoms with E-state index in [2.05, 4.69) is 41.8 Å². The van der Waals surface area contributed by atoms with Crippen molar-refractivity contribution in [2.75, 3.05) is 14.1 Å². The molecular weight excluding hydrogens is 321 g/mol. The second-order valence-electron chi connectivity index (χ2n) is 7.13. The zero-order valence-corrected chi connectivity index (χ0v) is 14.8. The molecule has 1 nitrogen and oxygen atoms in total. The summed E-state index contributed by atoms with van der Waals surface area (Å²) in [5.74, 6) is 1.69. The second kappa shape index (κ2) is 7.32. The monoisotopic (exact) mass is 353 g/mol. The number of quaternary nitrogens is 1. The molecule has 0 spiro atoms. The Morgan fingerprint density at radius 1 is 0.882 bits per heavy atom. The van der Waals surface area contributed by atoms with Crippen LogP contribution in [-0.2, 0) is 0 Å². The van der Waals surface area contributed by atoms with Crippen LogP contribution in [0.25, 0.3) is 0 Å². The van der Waals surface area contributed by atoms with Crippen LogP contribution in [0.1, 0.15) is 59.8 Å². The average molecular weight is 353 g/mol. The van der Waals surface area contributed by atoms with E-state index in [9.17, 15) is 0 Å². The van der Waals surface area contributed by atoms with Gasteiger partial charge in [-0.2, -0.15) is 0 Å². The highest BCUT2D eigenvalue weighted by atomic mass is 127. The minimum absolute atomic E-state index is 0. The lowest BCUT2D eigenvalue weighted by Crippen LogP contribution is -3.00. The van der Waals surface area contributed by atoms with Crippen molar-refractivity contribution in [3.8, 4) is 0 Å². The summed E-state index contributed by atoms with van der Waals surface area (Å²) in [6.07, 6.45) is 7.15. The predicted molar refractivity (Wildman–Crippen MR) is 72.4 cm³/mol. The fourth-order valence-corrected chi connectivity index (χ4v) is 3.42. The van der Waals surface area contributed by atoms with E-state index in [1.54, 1.807) is 0 Å². The number of piperidine rings is 1. The number of halogens is 1. The standard InChI is InChI=1S/C15H32N.HI/c1-12(2)10-14-8-7-9-15(11-13(3)4)16(14,5)6;/h12-15H,7-11H2,1-6H3;1H/q+1;/p-1. The molecule has 1 rings (SSSR count). The van der Waals surface area contributed by atoms with Gasteiger partial charge in [0.25, 0.3) is 0 Å². The largest absolute Gasteiger partial charge is 1.00 e. The van der Waals surface area contributed by atoms with Crippen LogP contribution in [0.15, 0.2) is 0 Å². The molecule has 2 unspecified atom stereocenters. The van der Waals surface area contributed by atoms with Crippen molar-refractivity contribution in [1.29, 1.82) is 0 Å². The van der Waals surface area contributed by atoms with Gasteiger partial charge in [0.1, 0.15) is 0 Å². The summed E-state index contributed by atoms with van der Waals surface area (Å²) >= 11 is 0. The molecular formula is C15H32IN. The van der Waals surface area contributed by atoms with Gasteiger partial charge in [-0.05, 0) is 31.1 Å². The summed E-state index contributed by atoms with van der Waals surface area (Å²) in [6, 6.07) is 1.80. The van der Waals surface area contributed by atoms with Gasteiger partial charge >= 0.3 is 0 Å². The molecule has 0 aromatic heterocycles. The normalized spacial score (nSPS) is 28.2. The average Bonchev–Trinajstić information content (AvgIpc) is 2.11. The van der Waals surface area contributed by atoms with E-state index < -0.39 is 0 Å². The Balaban J connectivity index is 0.00000256. The van der Waals surface area contributed by atoms with Crippen LogP contribution in [0.3, 0.4) is 0 Å². The van der Waals surface area contributed by atoms with E-state index in [1.165, 1.54) is 36.6 Å². The number of rotatable bonds is 4. The first kappa shape index (κ1) is 17.7. The molecule has 0 aromatic carbocycles. The van der Waals surface area contributed by atoms with Crippen LogP contribution in [0.2, 0.25) is 0 Å². The maximum Gasteiger partial charge on any atom is 0.0890 e. The lowest BCUT2D eigenvalue weighted by molar-refractivity contribution is -0.945. The first-order valence-electron chi connectivity index (χ1n) is 7.17. The summed E-state index contributed by atoms with van der Waals surface area (Å²) in [6.45, 7) is 9.47. The molecule has 1 heterocycles. The van der Waals surface area contributed by atoms with Gasteiger partial charge in [0, 0.05) is 12.8 Å². The zero-order valence-electron chi connectivity index (χ0n) is 12.7. The Hall–Kier alpha value is 0.690. The third-order valence-corrected chi connectivity index (χ3v) is 4.44. The number of nitrogens with zero attached hydrogens (tertiary/aromatic N) is 1. The molecule has 2 atom stereocenters. The topological polar surface area (TPSA) is 0 Å². The Kier molecular flexibility index (Phi) is 7.62. The van der Waals surface area contributed by atoms with Crippen molar-refractivity contribution in [1.82, 2.24) is 0 Å². The van der Waals surface area contributed by atoms with Crippen molar-refractivity contribution < 1.29 is 28.5 Å². The molecule has 1 saturated heterocycles. The summed E-state index contributed by atoms with van der Waals surface area (Å²) in [5, 5.41) is 0. The lowest BCUT2D eigenvalue weighted by atomic mass is 9.85. The Morgan fingerprint density at radius 3 is 1.53 bits per heavy atom. The Morgan fingerprint density at radius 2 is 1.24 bits per heavy atom. The highest BCUT2D eigenvalue weighted by molar-refractivity contribution is 4.74. The van der Waals surface area contributed by atoms with E-state index in [0.717, 1.165) is 23.9 Å². The smallest absolute Gasteiger partial charge is 0.0890 e. The third kappa shape index (κ3) is 5.06. The molecule has 17 heavy (non-hydrogen) atoms. The zero-order chi connectivity index (χ0) is 12.3. The highest BCUT2D eigenvalue weighted by Crippen LogP contribution is 2.34. The third-order valence-electron chi connectivity index (χ3n) is 4.44. The molecule has 0 saturated carbocycles. The van der Waals surface area contributed by atoms with Gasteiger partial charge in [-0.15, -0.1) is 0 Å². The van der Waals surface area contributed by atoms with Crippen molar-refractivity contribution in [2.45, 2.75) is 71.9 Å². The van der Waals surface area contributed by atoms with Gasteiger partial charge in [-0.3, -0.25) is 0 Å². The molecule has 2 heteroatoms. The maximum atomic E-state index is 2.47. The first-order valence-corrected chi connectivity index (χ1v) is 7.17. The predicted octanol–water partition coefficient (Wildman–Crippen LogP) is 1.08. The van der Waals surface area contributed by atoms with Gasteiger partial charge in [0.2, 0.25) is 0 Å². The molecule has 0 aromatic rings. The van der Waals surface area contributed by atoms with E-state index in [4.69, 9.17) is 0 Å². The van der Waals surface area contributed by atoms with Gasteiger partial charge < -0.3 is 28.5 Å². The Labute approximate surface area is 126 Å². The van der Waals surface area contributed by atoms with Crippen molar-refractivity contribution in [2.24, 2.45) is 11.8 Å². The second-order valence-corrected chi connectivity index (χ2v) is 7.13. The van der Waals surface area contributed by atoms with Crippen LogP contribution < -0.4 is 24.0 Å². The van der Waals surface area contributed by atoms with Gasteiger partial charge in [0.05, 0.1) is 26.2 Å².